The van der Waals surface area contributed by atoms with E-state index in [2.05, 4.69) is 27.8 Å². The Labute approximate surface area is 108 Å². The Morgan fingerprint density at radius 2 is 2.29 bits per heavy atom. The molecule has 2 heterocycles. The highest BCUT2D eigenvalue weighted by molar-refractivity contribution is 9.10. The minimum atomic E-state index is 0.102. The van der Waals surface area contributed by atoms with Crippen LogP contribution in [0.2, 0.25) is 0 Å². The number of rotatable bonds is 0. The van der Waals surface area contributed by atoms with Crippen molar-refractivity contribution in [3.05, 3.63) is 38.9 Å². The molecule has 1 atom stereocenters. The zero-order chi connectivity index (χ0) is 12.0. The molecule has 1 aliphatic heterocycles. The highest BCUT2D eigenvalue weighted by atomic mass is 79.9. The Balaban J connectivity index is 2.39. The van der Waals surface area contributed by atoms with E-state index in [1.54, 1.807) is 0 Å². The van der Waals surface area contributed by atoms with Crippen LogP contribution in [0.15, 0.2) is 27.5 Å². The van der Waals surface area contributed by atoms with Crippen molar-refractivity contribution in [3.63, 3.8) is 0 Å². The lowest BCUT2D eigenvalue weighted by Gasteiger charge is -2.24. The molecular formula is C13H13BrN2O. The van der Waals surface area contributed by atoms with Crippen molar-refractivity contribution in [1.29, 1.82) is 0 Å². The molecule has 1 aromatic carbocycles. The summed E-state index contributed by atoms with van der Waals surface area (Å²) in [6.07, 6.45) is 3.09. The molecule has 0 spiro atoms. The second kappa shape index (κ2) is 3.95. The summed E-state index contributed by atoms with van der Waals surface area (Å²) < 4.78 is 2.82. The monoisotopic (exact) mass is 292 g/mol. The summed E-state index contributed by atoms with van der Waals surface area (Å²) in [5, 5.41) is 0.714. The Morgan fingerprint density at radius 3 is 3.12 bits per heavy atom. The number of aryl methyl sites for hydroxylation is 1. The fourth-order valence-electron chi connectivity index (χ4n) is 2.53. The van der Waals surface area contributed by atoms with Gasteiger partial charge in [0.1, 0.15) is 5.82 Å². The number of halogens is 1. The van der Waals surface area contributed by atoms with Crippen molar-refractivity contribution >= 4 is 26.8 Å². The van der Waals surface area contributed by atoms with Crippen LogP contribution in [0.25, 0.3) is 10.9 Å². The van der Waals surface area contributed by atoms with E-state index in [1.807, 2.05) is 22.8 Å². The number of hydrogen-bond acceptors (Lipinski definition) is 2. The van der Waals surface area contributed by atoms with E-state index in [1.165, 1.54) is 0 Å². The number of fused-ring (bicyclic) bond motifs is 2. The standard InChI is InChI=1S/C13H13BrN2O/c1-8-3-2-4-12-15-11-7-9(14)5-6-10(11)13(17)16(8)12/h5-8H,2-4H2,1H3. The van der Waals surface area contributed by atoms with Gasteiger partial charge in [-0.3, -0.25) is 9.36 Å². The van der Waals surface area contributed by atoms with Crippen molar-refractivity contribution in [1.82, 2.24) is 9.55 Å². The topological polar surface area (TPSA) is 34.9 Å². The van der Waals surface area contributed by atoms with Crippen molar-refractivity contribution in [2.45, 2.75) is 32.2 Å². The molecule has 0 bridgehead atoms. The third-order valence-corrected chi connectivity index (χ3v) is 3.89. The number of nitrogens with zero attached hydrogens (tertiary/aromatic N) is 2. The quantitative estimate of drug-likeness (QED) is 0.748. The van der Waals surface area contributed by atoms with Gasteiger partial charge in [0.15, 0.2) is 0 Å². The van der Waals surface area contributed by atoms with Gasteiger partial charge < -0.3 is 0 Å². The van der Waals surface area contributed by atoms with Gasteiger partial charge in [-0.05, 0) is 38.0 Å². The molecule has 0 aliphatic carbocycles. The molecule has 0 saturated carbocycles. The molecule has 0 amide bonds. The second-order valence-electron chi connectivity index (χ2n) is 4.61. The first kappa shape index (κ1) is 11.0. The van der Waals surface area contributed by atoms with Gasteiger partial charge in [-0.25, -0.2) is 4.98 Å². The average Bonchev–Trinajstić information content (AvgIpc) is 2.28. The zero-order valence-electron chi connectivity index (χ0n) is 9.61. The van der Waals surface area contributed by atoms with E-state index >= 15 is 0 Å². The van der Waals surface area contributed by atoms with Crippen LogP contribution in [0, 0.1) is 0 Å². The third-order valence-electron chi connectivity index (χ3n) is 3.40. The molecule has 3 rings (SSSR count). The second-order valence-corrected chi connectivity index (χ2v) is 5.52. The molecule has 2 aromatic rings. The van der Waals surface area contributed by atoms with Crippen molar-refractivity contribution in [2.75, 3.05) is 0 Å². The molecule has 3 nitrogen and oxygen atoms in total. The Morgan fingerprint density at radius 1 is 1.47 bits per heavy atom. The molecule has 4 heteroatoms. The van der Waals surface area contributed by atoms with Crippen LogP contribution in [-0.2, 0) is 6.42 Å². The maximum absolute atomic E-state index is 12.4. The largest absolute Gasteiger partial charge is 0.293 e. The van der Waals surface area contributed by atoms with Crippen LogP contribution < -0.4 is 5.56 Å². The molecular weight excluding hydrogens is 280 g/mol. The van der Waals surface area contributed by atoms with E-state index in [4.69, 9.17) is 0 Å². The summed E-state index contributed by atoms with van der Waals surface area (Å²) in [6, 6.07) is 5.93. The molecule has 1 aliphatic rings. The average molecular weight is 293 g/mol. The molecule has 1 aromatic heterocycles. The Bertz CT molecular complexity index is 648. The van der Waals surface area contributed by atoms with E-state index < -0.39 is 0 Å². The zero-order valence-corrected chi connectivity index (χ0v) is 11.2. The van der Waals surface area contributed by atoms with Gasteiger partial charge in [0.2, 0.25) is 0 Å². The van der Waals surface area contributed by atoms with E-state index in [-0.39, 0.29) is 11.6 Å². The van der Waals surface area contributed by atoms with Crippen molar-refractivity contribution < 1.29 is 0 Å². The summed E-state index contributed by atoms with van der Waals surface area (Å²) in [5.74, 6) is 0.930. The minimum Gasteiger partial charge on any atom is -0.293 e. The first-order chi connectivity index (χ1) is 8.16. The first-order valence-electron chi connectivity index (χ1n) is 5.87. The van der Waals surface area contributed by atoms with Crippen LogP contribution in [-0.4, -0.2) is 9.55 Å². The van der Waals surface area contributed by atoms with Gasteiger partial charge in [0, 0.05) is 16.9 Å². The van der Waals surface area contributed by atoms with Gasteiger partial charge in [0.05, 0.1) is 10.9 Å². The maximum Gasteiger partial charge on any atom is 0.261 e. The summed E-state index contributed by atoms with van der Waals surface area (Å²) in [4.78, 5) is 17.0. The maximum atomic E-state index is 12.4. The van der Waals surface area contributed by atoms with Gasteiger partial charge in [-0.15, -0.1) is 0 Å². The summed E-state index contributed by atoms with van der Waals surface area (Å²) in [7, 11) is 0. The minimum absolute atomic E-state index is 0.102. The van der Waals surface area contributed by atoms with Crippen molar-refractivity contribution in [2.24, 2.45) is 0 Å². The molecule has 0 saturated heterocycles. The molecule has 0 N–H and O–H groups in total. The smallest absolute Gasteiger partial charge is 0.261 e. The highest BCUT2D eigenvalue weighted by Crippen LogP contribution is 2.23. The predicted molar refractivity (Wildman–Crippen MR) is 71.4 cm³/mol. The van der Waals surface area contributed by atoms with E-state index in [0.29, 0.717) is 5.39 Å². The van der Waals surface area contributed by atoms with Gasteiger partial charge in [0.25, 0.3) is 5.56 Å². The number of benzene rings is 1. The van der Waals surface area contributed by atoms with Gasteiger partial charge in [-0.2, -0.15) is 0 Å². The van der Waals surface area contributed by atoms with Crippen molar-refractivity contribution in [3.8, 4) is 0 Å². The van der Waals surface area contributed by atoms with Crippen LogP contribution in [0.3, 0.4) is 0 Å². The van der Waals surface area contributed by atoms with E-state index in [0.717, 1.165) is 35.1 Å². The SMILES string of the molecule is CC1CCCc2nc3cc(Br)ccc3c(=O)n21. The lowest BCUT2D eigenvalue weighted by Crippen LogP contribution is -2.31. The summed E-state index contributed by atoms with van der Waals surface area (Å²) >= 11 is 3.42. The Hall–Kier alpha value is -1.16. The summed E-state index contributed by atoms with van der Waals surface area (Å²) in [6.45, 7) is 2.09. The molecule has 0 fully saturated rings. The molecule has 0 radical (unpaired) electrons. The number of aromatic nitrogens is 2. The van der Waals surface area contributed by atoms with Crippen LogP contribution in [0.5, 0.6) is 0 Å². The summed E-state index contributed by atoms with van der Waals surface area (Å²) in [5.41, 5.74) is 0.898. The third kappa shape index (κ3) is 1.71. The number of hydrogen-bond donors (Lipinski definition) is 0. The first-order valence-corrected chi connectivity index (χ1v) is 6.67. The predicted octanol–water partition coefficient (Wildman–Crippen LogP) is 3.06. The van der Waals surface area contributed by atoms with Crippen LogP contribution in [0.4, 0.5) is 0 Å². The lowest BCUT2D eigenvalue weighted by molar-refractivity contribution is 0.409. The van der Waals surface area contributed by atoms with Crippen LogP contribution >= 0.6 is 15.9 Å². The fraction of sp³-hybridized carbons (Fsp3) is 0.385. The highest BCUT2D eigenvalue weighted by Gasteiger charge is 2.19. The van der Waals surface area contributed by atoms with Gasteiger partial charge in [-0.1, -0.05) is 15.9 Å². The van der Waals surface area contributed by atoms with Crippen LogP contribution in [0.1, 0.15) is 31.6 Å². The molecule has 88 valence electrons. The lowest BCUT2D eigenvalue weighted by atomic mass is 10.0. The molecule has 1 unspecified atom stereocenters. The normalized spacial score (nSPS) is 19.3. The van der Waals surface area contributed by atoms with E-state index in [9.17, 15) is 4.79 Å². The van der Waals surface area contributed by atoms with Gasteiger partial charge >= 0.3 is 0 Å². The molecule has 17 heavy (non-hydrogen) atoms. The Kier molecular flexibility index (Phi) is 2.54. The fourth-order valence-corrected chi connectivity index (χ4v) is 2.88.